The molecule has 0 radical (unpaired) electrons. The molecule has 6 nitrogen and oxygen atoms in total. The van der Waals surface area contributed by atoms with E-state index >= 15 is 0 Å². The summed E-state index contributed by atoms with van der Waals surface area (Å²) in [6.45, 7) is 4.51. The highest BCUT2D eigenvalue weighted by molar-refractivity contribution is 7.89. The van der Waals surface area contributed by atoms with E-state index in [1.807, 2.05) is 0 Å². The molecule has 0 spiro atoms. The molecular weight excluding hydrogens is 372 g/mol. The Labute approximate surface area is 158 Å². The van der Waals surface area contributed by atoms with Gasteiger partial charge in [-0.3, -0.25) is 4.90 Å². The van der Waals surface area contributed by atoms with E-state index in [-0.39, 0.29) is 4.90 Å². The third kappa shape index (κ3) is 3.73. The third-order valence-corrected chi connectivity index (χ3v) is 7.41. The van der Waals surface area contributed by atoms with E-state index in [2.05, 4.69) is 22.4 Å². The first-order chi connectivity index (χ1) is 12.6. The fourth-order valence-electron chi connectivity index (χ4n) is 3.30. The van der Waals surface area contributed by atoms with E-state index in [1.54, 1.807) is 33.8 Å². The minimum absolute atomic E-state index is 0.272. The molecule has 1 fully saturated rings. The molecule has 8 heteroatoms. The first-order valence-electron chi connectivity index (χ1n) is 8.77. The lowest BCUT2D eigenvalue weighted by Gasteiger charge is -2.23. The fourth-order valence-corrected chi connectivity index (χ4v) is 5.53. The molecule has 0 N–H and O–H groups in total. The lowest BCUT2D eigenvalue weighted by molar-refractivity contribution is 0.171. The van der Waals surface area contributed by atoms with Gasteiger partial charge in [0.05, 0.1) is 4.90 Å². The number of rotatable bonds is 4. The summed E-state index contributed by atoms with van der Waals surface area (Å²) in [7, 11) is -3.53. The molecule has 0 aliphatic carbocycles. The second kappa shape index (κ2) is 7.56. The maximum Gasteiger partial charge on any atom is 0.243 e. The highest BCUT2D eigenvalue weighted by Gasteiger charge is 2.28. The van der Waals surface area contributed by atoms with E-state index < -0.39 is 10.0 Å². The molecule has 140 valence electrons. The molecule has 2 aliphatic heterocycles. The largest absolute Gasteiger partial charge is 0.486 e. The average Bonchev–Trinajstić information content (AvgIpc) is 3.05. The molecule has 0 unspecified atom stereocenters. The molecule has 0 bridgehead atoms. The molecule has 1 saturated heterocycles. The van der Waals surface area contributed by atoms with Gasteiger partial charge >= 0.3 is 0 Å². The molecular formula is C18H22N2O4S2. The van der Waals surface area contributed by atoms with Crippen LogP contribution in [0, 0.1) is 0 Å². The van der Waals surface area contributed by atoms with Crippen LogP contribution in [0.4, 0.5) is 0 Å². The third-order valence-electron chi connectivity index (χ3n) is 4.66. The van der Waals surface area contributed by atoms with Crippen LogP contribution in [0.3, 0.4) is 0 Å². The zero-order valence-corrected chi connectivity index (χ0v) is 16.1. The summed E-state index contributed by atoms with van der Waals surface area (Å²) in [6.07, 6.45) is 0.829. The highest BCUT2D eigenvalue weighted by atomic mass is 32.2. The Balaban J connectivity index is 1.47. The van der Waals surface area contributed by atoms with Gasteiger partial charge < -0.3 is 9.47 Å². The maximum atomic E-state index is 13.1. The van der Waals surface area contributed by atoms with E-state index in [4.69, 9.17) is 9.47 Å². The molecule has 3 heterocycles. The van der Waals surface area contributed by atoms with E-state index in [9.17, 15) is 8.42 Å². The van der Waals surface area contributed by atoms with Crippen molar-refractivity contribution in [2.45, 2.75) is 17.9 Å². The number of ether oxygens (including phenoxy) is 2. The summed E-state index contributed by atoms with van der Waals surface area (Å²) in [5.74, 6) is 1.11. The normalized spacial score (nSPS) is 19.2. The van der Waals surface area contributed by atoms with Crippen molar-refractivity contribution >= 4 is 21.4 Å². The van der Waals surface area contributed by atoms with Crippen LogP contribution in [0.2, 0.25) is 0 Å². The Kier molecular flexibility index (Phi) is 5.17. The second-order valence-electron chi connectivity index (χ2n) is 6.42. The van der Waals surface area contributed by atoms with Crippen molar-refractivity contribution < 1.29 is 17.9 Å². The van der Waals surface area contributed by atoms with Gasteiger partial charge in [-0.25, -0.2) is 8.42 Å². The molecule has 1 aromatic heterocycles. The smallest absolute Gasteiger partial charge is 0.243 e. The molecule has 0 atom stereocenters. The SMILES string of the molecule is O=S(=O)(c1ccc2c(c1)OCCO2)N1CCCN(Cc2cccs2)CC1. The predicted molar refractivity (Wildman–Crippen MR) is 100 cm³/mol. The Hall–Kier alpha value is -1.61. The summed E-state index contributed by atoms with van der Waals surface area (Å²) in [5.41, 5.74) is 0. The van der Waals surface area contributed by atoms with Crippen LogP contribution in [0.25, 0.3) is 0 Å². The maximum absolute atomic E-state index is 13.1. The summed E-state index contributed by atoms with van der Waals surface area (Å²) in [5, 5.41) is 2.08. The Bertz CT molecular complexity index is 852. The number of benzene rings is 1. The Morgan fingerprint density at radius 3 is 2.65 bits per heavy atom. The number of nitrogens with zero attached hydrogens (tertiary/aromatic N) is 2. The van der Waals surface area contributed by atoms with Gasteiger partial charge in [-0.2, -0.15) is 4.31 Å². The zero-order chi connectivity index (χ0) is 18.0. The van der Waals surface area contributed by atoms with Gasteiger partial charge in [-0.05, 0) is 36.5 Å². The van der Waals surface area contributed by atoms with Gasteiger partial charge in [0.15, 0.2) is 11.5 Å². The van der Waals surface area contributed by atoms with Crippen LogP contribution in [-0.4, -0.2) is 57.0 Å². The molecule has 26 heavy (non-hydrogen) atoms. The first kappa shape index (κ1) is 17.8. The highest BCUT2D eigenvalue weighted by Crippen LogP contribution is 2.33. The monoisotopic (exact) mass is 394 g/mol. The van der Waals surface area contributed by atoms with Crippen molar-refractivity contribution in [1.82, 2.24) is 9.21 Å². The first-order valence-corrected chi connectivity index (χ1v) is 11.1. The van der Waals surface area contributed by atoms with Crippen molar-refractivity contribution in [3.63, 3.8) is 0 Å². The van der Waals surface area contributed by atoms with Gasteiger partial charge in [0.2, 0.25) is 10.0 Å². The second-order valence-corrected chi connectivity index (χ2v) is 9.39. The Morgan fingerprint density at radius 2 is 1.85 bits per heavy atom. The standard InChI is InChI=1S/C18H22N2O4S2/c21-26(22,16-4-5-17-18(13-16)24-11-10-23-17)20-7-2-6-19(8-9-20)14-15-3-1-12-25-15/h1,3-5,12-13H,2,6-11,14H2. The number of thiophene rings is 1. The molecule has 2 aliphatic rings. The number of hydrogen-bond acceptors (Lipinski definition) is 6. The van der Waals surface area contributed by atoms with Gasteiger partial charge in [0.25, 0.3) is 0 Å². The van der Waals surface area contributed by atoms with Crippen molar-refractivity contribution in [2.24, 2.45) is 0 Å². The topological polar surface area (TPSA) is 59.1 Å². The summed E-state index contributed by atoms with van der Waals surface area (Å²) in [6, 6.07) is 9.05. The van der Waals surface area contributed by atoms with Gasteiger partial charge in [0, 0.05) is 37.1 Å². The molecule has 1 aromatic carbocycles. The van der Waals surface area contributed by atoms with Crippen LogP contribution >= 0.6 is 11.3 Å². The molecule has 2 aromatic rings. The van der Waals surface area contributed by atoms with Crippen molar-refractivity contribution in [2.75, 3.05) is 39.4 Å². The van der Waals surface area contributed by atoms with Crippen LogP contribution in [0.15, 0.2) is 40.6 Å². The Morgan fingerprint density at radius 1 is 1.00 bits per heavy atom. The van der Waals surface area contributed by atoms with Crippen LogP contribution < -0.4 is 9.47 Å². The van der Waals surface area contributed by atoms with Crippen molar-refractivity contribution in [3.05, 3.63) is 40.6 Å². The lowest BCUT2D eigenvalue weighted by Crippen LogP contribution is -2.35. The summed E-state index contributed by atoms with van der Waals surface area (Å²) < 4.78 is 38.7. The molecule has 4 rings (SSSR count). The van der Waals surface area contributed by atoms with E-state index in [1.165, 1.54) is 4.88 Å². The minimum atomic E-state index is -3.53. The molecule has 0 amide bonds. The van der Waals surface area contributed by atoms with Gasteiger partial charge in [-0.1, -0.05) is 6.07 Å². The molecule has 0 saturated carbocycles. The van der Waals surface area contributed by atoms with Crippen LogP contribution in [-0.2, 0) is 16.6 Å². The predicted octanol–water partition coefficient (Wildman–Crippen LogP) is 2.42. The van der Waals surface area contributed by atoms with Crippen LogP contribution in [0.1, 0.15) is 11.3 Å². The average molecular weight is 395 g/mol. The van der Waals surface area contributed by atoms with E-state index in [0.717, 1.165) is 26.1 Å². The number of hydrogen-bond donors (Lipinski definition) is 0. The quantitative estimate of drug-likeness (QED) is 0.797. The summed E-state index contributed by atoms with van der Waals surface area (Å²) in [4.78, 5) is 3.91. The lowest BCUT2D eigenvalue weighted by atomic mass is 10.3. The number of fused-ring (bicyclic) bond motifs is 1. The van der Waals surface area contributed by atoms with E-state index in [0.29, 0.717) is 37.8 Å². The zero-order valence-electron chi connectivity index (χ0n) is 14.5. The minimum Gasteiger partial charge on any atom is -0.486 e. The van der Waals surface area contributed by atoms with Gasteiger partial charge in [0.1, 0.15) is 13.2 Å². The van der Waals surface area contributed by atoms with Gasteiger partial charge in [-0.15, -0.1) is 11.3 Å². The van der Waals surface area contributed by atoms with Crippen molar-refractivity contribution in [1.29, 1.82) is 0 Å². The van der Waals surface area contributed by atoms with Crippen LogP contribution in [0.5, 0.6) is 11.5 Å². The summed E-state index contributed by atoms with van der Waals surface area (Å²) >= 11 is 1.74. The number of sulfonamides is 1. The fraction of sp³-hybridized carbons (Fsp3) is 0.444. The van der Waals surface area contributed by atoms with Crippen molar-refractivity contribution in [3.8, 4) is 11.5 Å².